The van der Waals surface area contributed by atoms with Crippen LogP contribution in [0.4, 0.5) is 0 Å². The van der Waals surface area contributed by atoms with Crippen molar-refractivity contribution in [3.8, 4) is 0 Å². The number of aliphatic carboxylic acids is 1. The second-order valence-electron chi connectivity index (χ2n) is 5.17. The summed E-state index contributed by atoms with van der Waals surface area (Å²) in [6.45, 7) is 6.22. The fourth-order valence-corrected chi connectivity index (χ4v) is 2.06. The molecule has 0 heterocycles. The van der Waals surface area contributed by atoms with Crippen molar-refractivity contribution in [1.82, 2.24) is 0 Å². The third-order valence-electron chi connectivity index (χ3n) is 3.30. The Morgan fingerprint density at radius 3 is 1.83 bits per heavy atom. The number of carboxylic acid groups (broad SMARTS) is 1. The molecule has 3 heteroatoms. The summed E-state index contributed by atoms with van der Waals surface area (Å²) in [6, 6.07) is 0. The van der Waals surface area contributed by atoms with Crippen LogP contribution in [0, 0.1) is 0 Å². The summed E-state index contributed by atoms with van der Waals surface area (Å²) in [7, 11) is 0. The van der Waals surface area contributed by atoms with E-state index in [2.05, 4.69) is 13.8 Å². The van der Waals surface area contributed by atoms with E-state index in [-0.39, 0.29) is 6.42 Å². The molecule has 0 aliphatic rings. The normalized spacial score (nSPS) is 11.6. The molecule has 18 heavy (non-hydrogen) atoms. The van der Waals surface area contributed by atoms with Gasteiger partial charge in [0.15, 0.2) is 0 Å². The van der Waals surface area contributed by atoms with Crippen molar-refractivity contribution >= 4 is 33.9 Å². The van der Waals surface area contributed by atoms with Crippen molar-refractivity contribution in [3.63, 3.8) is 0 Å². The molecule has 0 aromatic rings. The molecule has 0 saturated heterocycles. The van der Waals surface area contributed by atoms with Gasteiger partial charge in [0.25, 0.3) is 0 Å². The number of unbranched alkanes of at least 4 members (excludes halogenated alkanes) is 6. The summed E-state index contributed by atoms with van der Waals surface area (Å²) in [5.74, 6) is -0.745. The predicted molar refractivity (Wildman–Crippen MR) is 80.3 cm³/mol. The van der Waals surface area contributed by atoms with Crippen LogP contribution in [0.3, 0.4) is 0 Å². The molecule has 0 fully saturated rings. The van der Waals surface area contributed by atoms with Crippen molar-refractivity contribution in [1.29, 1.82) is 0 Å². The first-order chi connectivity index (χ1) is 8.58. The number of carbonyl (C=O) groups is 1. The van der Waals surface area contributed by atoms with Crippen LogP contribution in [0.25, 0.3) is 0 Å². The summed E-state index contributed by atoms with van der Waals surface area (Å²) in [4.78, 5) is 9.37. The molecular formula is C15H31NaO2. The van der Waals surface area contributed by atoms with Gasteiger partial charge in [-0.05, 0) is 0 Å². The Labute approximate surface area is 131 Å². The minimum absolute atomic E-state index is 0.222. The van der Waals surface area contributed by atoms with Crippen molar-refractivity contribution in [2.24, 2.45) is 0 Å². The van der Waals surface area contributed by atoms with E-state index in [0.29, 0.717) is 0 Å². The fourth-order valence-electron chi connectivity index (χ4n) is 1.65. The summed E-state index contributed by atoms with van der Waals surface area (Å²) in [6.07, 6.45) is 13.4. The number of rotatable bonds is 10. The van der Waals surface area contributed by atoms with Gasteiger partial charge in [0.2, 0.25) is 0 Å². The molecule has 1 atom stereocenters. The van der Waals surface area contributed by atoms with E-state index in [9.17, 15) is 4.79 Å². The molecular weight excluding hydrogens is 235 g/mol. The quantitative estimate of drug-likeness (QED) is 0.447. The molecule has 0 rings (SSSR count). The minimum atomic E-state index is -0.745. The number of hydrogen-bond donors (Lipinski definition) is 1. The van der Waals surface area contributed by atoms with E-state index in [1.165, 1.54) is 85.7 Å². The molecule has 0 aliphatic heterocycles. The third-order valence-corrected chi connectivity index (χ3v) is 4.69. The second-order valence-corrected chi connectivity index (χ2v) is 6.80. The maximum absolute atomic E-state index is 9.37. The Hall–Kier alpha value is 0.470. The maximum atomic E-state index is 9.37. The fraction of sp³-hybridized carbons (Fsp3) is 0.933. The topological polar surface area (TPSA) is 37.3 Å². The Balaban J connectivity index is 0. The van der Waals surface area contributed by atoms with E-state index in [0.717, 1.165) is 3.17 Å². The molecule has 0 bridgehead atoms. The summed E-state index contributed by atoms with van der Waals surface area (Å²) < 4.78 is 1.09. The first kappa shape index (κ1) is 20.8. The van der Waals surface area contributed by atoms with E-state index in [4.69, 9.17) is 5.11 Å². The van der Waals surface area contributed by atoms with Gasteiger partial charge < -0.3 is 5.11 Å². The van der Waals surface area contributed by atoms with Crippen LogP contribution in [0.5, 0.6) is 0 Å². The first-order valence-electron chi connectivity index (χ1n) is 7.80. The van der Waals surface area contributed by atoms with Gasteiger partial charge in [-0.25, -0.2) is 0 Å². The Kier molecular flexibility index (Phi) is 20.2. The van der Waals surface area contributed by atoms with Crippen molar-refractivity contribution in [3.05, 3.63) is 0 Å². The Morgan fingerprint density at radius 1 is 1.00 bits per heavy atom. The van der Waals surface area contributed by atoms with Crippen LogP contribution < -0.4 is 0 Å². The first-order valence-corrected chi connectivity index (χ1v) is 8.95. The molecule has 0 spiro atoms. The van der Waals surface area contributed by atoms with Gasteiger partial charge in [0.05, 0.1) is 0 Å². The van der Waals surface area contributed by atoms with Crippen LogP contribution in [-0.4, -0.2) is 39.0 Å². The molecule has 0 aromatic heterocycles. The Morgan fingerprint density at radius 2 is 1.44 bits per heavy atom. The molecule has 0 saturated carbocycles. The van der Waals surface area contributed by atoms with Gasteiger partial charge in [0, 0.05) is 6.42 Å². The van der Waals surface area contributed by atoms with Gasteiger partial charge in [-0.15, -0.1) is 0 Å². The van der Waals surface area contributed by atoms with E-state index >= 15 is 0 Å². The number of hydrogen-bond acceptors (Lipinski definition) is 1. The molecule has 104 valence electrons. The molecule has 1 N–H and O–H groups in total. The molecule has 0 aliphatic carbocycles. The SMILES string of the molecule is CCC(=O)O.CCCCCCCCC[CH]([Na])CC. The van der Waals surface area contributed by atoms with Gasteiger partial charge in [-0.3, -0.25) is 4.79 Å². The van der Waals surface area contributed by atoms with Crippen LogP contribution >= 0.6 is 0 Å². The monoisotopic (exact) mass is 266 g/mol. The van der Waals surface area contributed by atoms with Crippen LogP contribution in [0.2, 0.25) is 3.17 Å². The van der Waals surface area contributed by atoms with Crippen LogP contribution in [-0.2, 0) is 4.79 Å². The second kappa shape index (κ2) is 17.5. The molecule has 1 unspecified atom stereocenters. The van der Waals surface area contributed by atoms with Gasteiger partial charge >= 0.3 is 109 Å². The average Bonchev–Trinajstić information content (AvgIpc) is 2.38. The molecule has 2 nitrogen and oxygen atoms in total. The van der Waals surface area contributed by atoms with Crippen molar-refractivity contribution < 1.29 is 9.90 Å². The molecule has 0 aromatic carbocycles. The van der Waals surface area contributed by atoms with E-state index in [1.54, 1.807) is 6.92 Å². The van der Waals surface area contributed by atoms with Crippen LogP contribution in [0.15, 0.2) is 0 Å². The zero-order valence-corrected chi connectivity index (χ0v) is 15.0. The van der Waals surface area contributed by atoms with Crippen molar-refractivity contribution in [2.75, 3.05) is 0 Å². The summed E-state index contributed by atoms with van der Waals surface area (Å²) >= 11 is 1.41. The molecule has 0 amide bonds. The van der Waals surface area contributed by atoms with Gasteiger partial charge in [0.1, 0.15) is 0 Å². The number of carboxylic acids is 1. The predicted octanol–water partition coefficient (Wildman–Crippen LogP) is 4.98. The molecule has 0 radical (unpaired) electrons. The zero-order valence-electron chi connectivity index (χ0n) is 13.0. The average molecular weight is 266 g/mol. The third kappa shape index (κ3) is 21.7. The summed E-state index contributed by atoms with van der Waals surface area (Å²) in [5, 5.41) is 7.72. The standard InChI is InChI=1S/C12H25.C3H6O2.Na/c1-3-5-7-9-11-12-10-8-6-4-2;1-2-3(4)5;/h5H,3-4,6-12H2,1-2H3;2H2,1H3,(H,4,5);. The summed E-state index contributed by atoms with van der Waals surface area (Å²) in [5.41, 5.74) is 0. The van der Waals surface area contributed by atoms with Crippen molar-refractivity contribution in [2.45, 2.75) is 88.1 Å². The van der Waals surface area contributed by atoms with Gasteiger partial charge in [-0.1, -0.05) is 6.92 Å². The van der Waals surface area contributed by atoms with Gasteiger partial charge in [-0.2, -0.15) is 0 Å². The van der Waals surface area contributed by atoms with E-state index in [1.807, 2.05) is 0 Å². The van der Waals surface area contributed by atoms with Crippen LogP contribution in [0.1, 0.15) is 85.0 Å². The zero-order chi connectivity index (χ0) is 14.2. The Bertz CT molecular complexity index is 172. The van der Waals surface area contributed by atoms with E-state index < -0.39 is 5.97 Å².